The molecule has 0 aliphatic carbocycles. The normalized spacial score (nSPS) is 15.2. The standard InChI is InChI=1S/C14H15ClN2OS2/c15-10-3-4-12-11(9-10)16-14(20-12)19-8-5-13(18)17-6-1-2-7-17/h3-4,9H,1-2,5-8H2. The van der Waals surface area contributed by atoms with Crippen LogP contribution in [0.15, 0.2) is 22.5 Å². The number of likely N-dealkylation sites (tertiary alicyclic amines) is 1. The maximum absolute atomic E-state index is 11.9. The molecule has 20 heavy (non-hydrogen) atoms. The molecular weight excluding hydrogens is 312 g/mol. The number of thioether (sulfide) groups is 1. The number of hydrogen-bond acceptors (Lipinski definition) is 4. The van der Waals surface area contributed by atoms with Gasteiger partial charge < -0.3 is 4.90 Å². The molecule has 1 aliphatic rings. The van der Waals surface area contributed by atoms with Crippen molar-refractivity contribution in [2.45, 2.75) is 23.6 Å². The van der Waals surface area contributed by atoms with Crippen LogP contribution >= 0.6 is 34.7 Å². The highest BCUT2D eigenvalue weighted by Crippen LogP contribution is 2.31. The van der Waals surface area contributed by atoms with Gasteiger partial charge in [0.2, 0.25) is 5.91 Å². The van der Waals surface area contributed by atoms with E-state index >= 15 is 0 Å². The number of nitrogens with zero attached hydrogens (tertiary/aromatic N) is 2. The Balaban J connectivity index is 1.55. The van der Waals surface area contributed by atoms with E-state index in [1.165, 1.54) is 0 Å². The quantitative estimate of drug-likeness (QED) is 0.795. The molecule has 3 rings (SSSR count). The van der Waals surface area contributed by atoms with Crippen LogP contribution in [0.2, 0.25) is 5.02 Å². The zero-order valence-corrected chi connectivity index (χ0v) is 13.4. The highest BCUT2D eigenvalue weighted by molar-refractivity contribution is 8.01. The summed E-state index contributed by atoms with van der Waals surface area (Å²) in [6.45, 7) is 1.87. The minimum atomic E-state index is 0.277. The number of hydrogen-bond donors (Lipinski definition) is 0. The molecule has 3 nitrogen and oxygen atoms in total. The van der Waals surface area contributed by atoms with Crippen molar-refractivity contribution < 1.29 is 4.79 Å². The van der Waals surface area contributed by atoms with Crippen LogP contribution < -0.4 is 0 Å². The Bertz CT molecular complexity index is 623. The summed E-state index contributed by atoms with van der Waals surface area (Å²) in [5, 5.41) is 0.712. The first-order valence-corrected chi connectivity index (χ1v) is 8.87. The van der Waals surface area contributed by atoms with Crippen LogP contribution in [0.3, 0.4) is 0 Å². The minimum absolute atomic E-state index is 0.277. The molecule has 0 N–H and O–H groups in total. The molecule has 1 aromatic carbocycles. The second kappa shape index (κ2) is 6.33. The largest absolute Gasteiger partial charge is 0.343 e. The lowest BCUT2D eigenvalue weighted by Crippen LogP contribution is -2.27. The number of benzene rings is 1. The van der Waals surface area contributed by atoms with Crippen molar-refractivity contribution in [2.75, 3.05) is 18.8 Å². The van der Waals surface area contributed by atoms with Gasteiger partial charge in [0.25, 0.3) is 0 Å². The summed E-state index contributed by atoms with van der Waals surface area (Å²) in [4.78, 5) is 18.4. The van der Waals surface area contributed by atoms with Gasteiger partial charge >= 0.3 is 0 Å². The maximum atomic E-state index is 11.9. The number of halogens is 1. The number of fused-ring (bicyclic) bond motifs is 1. The molecule has 1 saturated heterocycles. The van der Waals surface area contributed by atoms with E-state index in [-0.39, 0.29) is 5.91 Å². The SMILES string of the molecule is O=C(CCSc1nc2cc(Cl)ccc2s1)N1CCCC1. The number of aromatic nitrogens is 1. The molecule has 0 radical (unpaired) electrons. The van der Waals surface area contributed by atoms with E-state index in [1.54, 1.807) is 23.1 Å². The first kappa shape index (κ1) is 14.2. The van der Waals surface area contributed by atoms with E-state index in [0.29, 0.717) is 11.4 Å². The number of rotatable bonds is 4. The van der Waals surface area contributed by atoms with E-state index in [2.05, 4.69) is 4.98 Å². The lowest BCUT2D eigenvalue weighted by Gasteiger charge is -2.14. The minimum Gasteiger partial charge on any atom is -0.343 e. The molecular formula is C14H15ClN2OS2. The molecule has 0 spiro atoms. The predicted octanol–water partition coefficient (Wildman–Crippen LogP) is 4.05. The van der Waals surface area contributed by atoms with Crippen LogP contribution in [0.5, 0.6) is 0 Å². The summed E-state index contributed by atoms with van der Waals surface area (Å²) in [6.07, 6.45) is 2.90. The predicted molar refractivity (Wildman–Crippen MR) is 85.8 cm³/mol. The van der Waals surface area contributed by atoms with Gasteiger partial charge in [-0.3, -0.25) is 4.79 Å². The van der Waals surface area contributed by atoms with Gasteiger partial charge in [0.1, 0.15) is 0 Å². The first-order valence-electron chi connectivity index (χ1n) is 6.69. The molecule has 0 atom stereocenters. The average molecular weight is 327 g/mol. The Morgan fingerprint density at radius 2 is 2.20 bits per heavy atom. The Hall–Kier alpha value is -0.780. The molecule has 1 amide bonds. The number of carbonyl (C=O) groups excluding carboxylic acids is 1. The average Bonchev–Trinajstić information content (AvgIpc) is 3.06. The molecule has 0 saturated carbocycles. The zero-order valence-electron chi connectivity index (χ0n) is 11.0. The van der Waals surface area contributed by atoms with Crippen LogP contribution in [0.1, 0.15) is 19.3 Å². The lowest BCUT2D eigenvalue weighted by molar-refractivity contribution is -0.129. The Labute approximate surface area is 131 Å². The molecule has 0 bridgehead atoms. The highest BCUT2D eigenvalue weighted by atomic mass is 35.5. The second-order valence-electron chi connectivity index (χ2n) is 4.78. The van der Waals surface area contributed by atoms with Gasteiger partial charge in [0.05, 0.1) is 10.2 Å². The van der Waals surface area contributed by atoms with Gasteiger partial charge in [-0.1, -0.05) is 23.4 Å². The van der Waals surface area contributed by atoms with Gasteiger partial charge in [-0.2, -0.15) is 0 Å². The summed E-state index contributed by atoms with van der Waals surface area (Å²) in [5.74, 6) is 1.07. The lowest BCUT2D eigenvalue weighted by atomic mass is 10.3. The van der Waals surface area contributed by atoms with Crippen molar-refractivity contribution in [3.63, 3.8) is 0 Å². The van der Waals surface area contributed by atoms with E-state index in [9.17, 15) is 4.79 Å². The number of amides is 1. The molecule has 6 heteroatoms. The van der Waals surface area contributed by atoms with Crippen molar-refractivity contribution in [3.05, 3.63) is 23.2 Å². The Morgan fingerprint density at radius 3 is 3.00 bits per heavy atom. The van der Waals surface area contributed by atoms with Crippen LogP contribution in [-0.2, 0) is 4.79 Å². The van der Waals surface area contributed by atoms with Crippen molar-refractivity contribution in [3.8, 4) is 0 Å². The first-order chi connectivity index (χ1) is 9.72. The third-order valence-corrected chi connectivity index (χ3v) is 5.75. The van der Waals surface area contributed by atoms with Gasteiger partial charge in [-0.05, 0) is 31.0 Å². The molecule has 106 valence electrons. The molecule has 1 aromatic heterocycles. The smallest absolute Gasteiger partial charge is 0.223 e. The second-order valence-corrected chi connectivity index (χ2v) is 7.59. The third-order valence-electron chi connectivity index (χ3n) is 3.33. The number of carbonyl (C=O) groups is 1. The fourth-order valence-corrected chi connectivity index (χ4v) is 4.50. The highest BCUT2D eigenvalue weighted by Gasteiger charge is 2.17. The van der Waals surface area contributed by atoms with E-state index in [4.69, 9.17) is 11.6 Å². The van der Waals surface area contributed by atoms with Crippen molar-refractivity contribution in [1.29, 1.82) is 0 Å². The molecule has 2 aromatic rings. The molecule has 2 heterocycles. The topological polar surface area (TPSA) is 33.2 Å². The van der Waals surface area contributed by atoms with Crippen LogP contribution in [0, 0.1) is 0 Å². The fourth-order valence-electron chi connectivity index (χ4n) is 2.29. The van der Waals surface area contributed by atoms with Crippen molar-refractivity contribution in [1.82, 2.24) is 9.88 Å². The van der Waals surface area contributed by atoms with Crippen LogP contribution in [0.4, 0.5) is 0 Å². The summed E-state index contributed by atoms with van der Waals surface area (Å²) >= 11 is 9.27. The van der Waals surface area contributed by atoms with Gasteiger partial charge in [0, 0.05) is 30.3 Å². The third kappa shape index (κ3) is 3.27. The monoisotopic (exact) mass is 326 g/mol. The van der Waals surface area contributed by atoms with Crippen LogP contribution in [-0.4, -0.2) is 34.6 Å². The summed E-state index contributed by atoms with van der Waals surface area (Å²) < 4.78 is 2.15. The maximum Gasteiger partial charge on any atom is 0.223 e. The van der Waals surface area contributed by atoms with Gasteiger partial charge in [-0.15, -0.1) is 11.3 Å². The van der Waals surface area contributed by atoms with Crippen molar-refractivity contribution >= 4 is 50.8 Å². The van der Waals surface area contributed by atoms with E-state index in [1.807, 2.05) is 23.1 Å². The fraction of sp³-hybridized carbons (Fsp3) is 0.429. The summed E-state index contributed by atoms with van der Waals surface area (Å²) in [6, 6.07) is 5.76. The molecule has 1 fully saturated rings. The van der Waals surface area contributed by atoms with Crippen molar-refractivity contribution in [2.24, 2.45) is 0 Å². The van der Waals surface area contributed by atoms with Gasteiger partial charge in [0.15, 0.2) is 4.34 Å². The summed E-state index contributed by atoms with van der Waals surface area (Å²) in [5.41, 5.74) is 0.941. The van der Waals surface area contributed by atoms with Crippen LogP contribution in [0.25, 0.3) is 10.2 Å². The van der Waals surface area contributed by atoms with E-state index < -0.39 is 0 Å². The summed E-state index contributed by atoms with van der Waals surface area (Å²) in [7, 11) is 0. The Kier molecular flexibility index (Phi) is 4.48. The zero-order chi connectivity index (χ0) is 13.9. The Morgan fingerprint density at radius 1 is 1.40 bits per heavy atom. The molecule has 0 unspecified atom stereocenters. The van der Waals surface area contributed by atoms with E-state index in [0.717, 1.165) is 46.2 Å². The molecule has 1 aliphatic heterocycles. The van der Waals surface area contributed by atoms with Gasteiger partial charge in [-0.25, -0.2) is 4.98 Å². The number of thiazole rings is 1.